The smallest absolute Gasteiger partial charge is 0.0785 e. The van der Waals surface area contributed by atoms with Gasteiger partial charge in [0.2, 0.25) is 0 Å². The highest BCUT2D eigenvalue weighted by atomic mass is 127. The molecule has 0 saturated heterocycles. The quantitative estimate of drug-likeness (QED) is 0.185. The highest BCUT2D eigenvalue weighted by Gasteiger charge is 2.12. The Labute approximate surface area is 240 Å². The van der Waals surface area contributed by atoms with Crippen molar-refractivity contribution in [2.45, 2.75) is 125 Å². The fourth-order valence-electron chi connectivity index (χ4n) is 3.22. The van der Waals surface area contributed by atoms with E-state index in [1.54, 1.807) is 6.07 Å². The maximum absolute atomic E-state index is 9.50. The normalized spacial score (nSPS) is 18.1. The molecule has 33 heavy (non-hydrogen) atoms. The van der Waals surface area contributed by atoms with Gasteiger partial charge in [-0.25, -0.2) is 0 Å². The van der Waals surface area contributed by atoms with E-state index in [2.05, 4.69) is 77.8 Å². The summed E-state index contributed by atoms with van der Waals surface area (Å²) in [5.41, 5.74) is 0. The minimum Gasteiger partial charge on any atom is -0.255 e. The molecular weight excluding hydrogens is 612 g/mol. The number of rotatable bonds is 0. The molecule has 0 radical (unpaired) electrons. The third kappa shape index (κ3) is 50.7. The van der Waals surface area contributed by atoms with Gasteiger partial charge in [0.05, 0.1) is 13.2 Å². The highest BCUT2D eigenvalue weighted by Crippen LogP contribution is 2.26. The molecule has 0 aromatic rings. The Hall–Kier alpha value is 0.920. The van der Waals surface area contributed by atoms with Crippen molar-refractivity contribution >= 4 is 50.1 Å². The predicted molar refractivity (Wildman–Crippen MR) is 170 cm³/mol. The first-order chi connectivity index (χ1) is 16.0. The first kappa shape index (κ1) is 44.0. The second-order valence-corrected chi connectivity index (χ2v) is 9.08. The van der Waals surface area contributed by atoms with Gasteiger partial charge in [-0.2, -0.15) is 5.26 Å². The van der Waals surface area contributed by atoms with Gasteiger partial charge in [-0.3, -0.25) is 4.39 Å². The van der Waals surface area contributed by atoms with Crippen LogP contribution in [0.3, 0.4) is 0 Å². The molecule has 4 aliphatic rings. The summed E-state index contributed by atoms with van der Waals surface area (Å²) in [6, 6.07) is 1.75. The summed E-state index contributed by atoms with van der Waals surface area (Å²) in [6.07, 6.45) is 22.3. The highest BCUT2D eigenvalue weighted by molar-refractivity contribution is 14.1. The molecule has 0 aliphatic heterocycles. The first-order valence-electron chi connectivity index (χ1n) is 12.8. The first-order valence-corrected chi connectivity index (χ1v) is 17.3. The largest absolute Gasteiger partial charge is 0.255 e. The maximum atomic E-state index is 9.50. The monoisotopic (exact) mass is 673 g/mol. The lowest BCUT2D eigenvalue weighted by Gasteiger charge is -2.18. The van der Waals surface area contributed by atoms with Crippen LogP contribution >= 0.6 is 50.1 Å². The Balaban J connectivity index is -0.0000000524. The van der Waals surface area contributed by atoms with E-state index in [0.29, 0.717) is 7.18 Å². The minimum absolute atomic E-state index is 0. The van der Waals surface area contributed by atoms with Crippen LogP contribution in [0.2, 0.25) is 0 Å². The SMILES string of the molecule is CBr.CC#N.CC1CC1.CC1CCC1.CC1CCCC1.CC1CCCCC1.CCl.CF.CI.[HH].[HH]. The summed E-state index contributed by atoms with van der Waals surface area (Å²) in [6.45, 7) is 10.7. The molecule has 4 aliphatic carbocycles. The lowest BCUT2D eigenvalue weighted by molar-refractivity contribution is 0.346. The molecular formula is C28H63BrClFIN. The van der Waals surface area contributed by atoms with Crippen LogP contribution in [0.15, 0.2) is 0 Å². The van der Waals surface area contributed by atoms with Gasteiger partial charge in [-0.15, -0.1) is 11.6 Å². The lowest BCUT2D eigenvalue weighted by Crippen LogP contribution is -2.04. The maximum Gasteiger partial charge on any atom is 0.0785 e. The van der Waals surface area contributed by atoms with E-state index in [4.69, 9.17) is 5.26 Å². The Bertz CT molecular complexity index is 333. The molecule has 0 aromatic heterocycles. The van der Waals surface area contributed by atoms with Crippen molar-refractivity contribution < 1.29 is 7.24 Å². The second-order valence-electron chi connectivity index (χ2n) is 9.08. The number of nitriles is 1. The fourth-order valence-corrected chi connectivity index (χ4v) is 3.22. The van der Waals surface area contributed by atoms with Crippen LogP contribution in [0, 0.1) is 35.0 Å². The second kappa shape index (κ2) is 43.0. The van der Waals surface area contributed by atoms with Crippen LogP contribution in [-0.4, -0.2) is 24.3 Å². The number of halogens is 4. The van der Waals surface area contributed by atoms with E-state index >= 15 is 0 Å². The summed E-state index contributed by atoms with van der Waals surface area (Å²) < 4.78 is 9.50. The lowest BCUT2D eigenvalue weighted by atomic mass is 9.88. The van der Waals surface area contributed by atoms with Crippen LogP contribution < -0.4 is 0 Å². The van der Waals surface area contributed by atoms with E-state index in [1.165, 1.54) is 103 Å². The molecule has 0 atom stereocenters. The summed E-state index contributed by atoms with van der Waals surface area (Å²) in [5, 5.41) is 7.32. The topological polar surface area (TPSA) is 23.8 Å². The van der Waals surface area contributed by atoms with Crippen LogP contribution in [0.5, 0.6) is 0 Å². The van der Waals surface area contributed by atoms with E-state index < -0.39 is 0 Å². The Morgan fingerprint density at radius 3 is 0.879 bits per heavy atom. The van der Waals surface area contributed by atoms with Crippen LogP contribution in [0.1, 0.15) is 127 Å². The zero-order chi connectivity index (χ0) is 26.9. The van der Waals surface area contributed by atoms with E-state index in [-0.39, 0.29) is 2.85 Å². The molecule has 0 aromatic carbocycles. The molecule has 0 unspecified atom stereocenters. The Morgan fingerprint density at radius 2 is 0.818 bits per heavy atom. The molecule has 4 fully saturated rings. The number of hydrogen-bond acceptors (Lipinski definition) is 1. The molecule has 208 valence electrons. The van der Waals surface area contributed by atoms with Crippen molar-refractivity contribution in [3.63, 3.8) is 0 Å². The van der Waals surface area contributed by atoms with Gasteiger partial charge < -0.3 is 0 Å². The zero-order valence-electron chi connectivity index (χ0n) is 23.7. The van der Waals surface area contributed by atoms with Gasteiger partial charge in [-0.1, -0.05) is 156 Å². The average Bonchev–Trinajstić information content (AvgIpc) is 3.49. The number of nitrogens with zero attached hydrogens (tertiary/aromatic N) is 1. The molecule has 0 amide bonds. The van der Waals surface area contributed by atoms with Crippen LogP contribution in [-0.2, 0) is 0 Å². The van der Waals surface area contributed by atoms with Gasteiger partial charge in [0.1, 0.15) is 0 Å². The van der Waals surface area contributed by atoms with Crippen molar-refractivity contribution in [2.75, 3.05) is 24.3 Å². The summed E-state index contributed by atoms with van der Waals surface area (Å²) in [7, 11) is 0.500. The molecule has 0 spiro atoms. The number of hydrogen-bond donors (Lipinski definition) is 0. The van der Waals surface area contributed by atoms with Gasteiger partial charge in [-0.05, 0) is 34.4 Å². The number of alkyl halides is 4. The molecule has 0 heterocycles. The van der Waals surface area contributed by atoms with Crippen molar-refractivity contribution in [3.05, 3.63) is 0 Å². The molecule has 1 nitrogen and oxygen atoms in total. The molecule has 5 heteroatoms. The average molecular weight is 675 g/mol. The third-order valence-electron chi connectivity index (χ3n) is 5.80. The summed E-state index contributed by atoms with van der Waals surface area (Å²) >= 11 is 9.73. The Kier molecular flexibility index (Phi) is 57.3. The minimum atomic E-state index is 0. The molecule has 4 rings (SSSR count). The van der Waals surface area contributed by atoms with Crippen molar-refractivity contribution in [1.29, 1.82) is 5.26 Å². The standard InChI is InChI=1S/C7H14.C6H12.C5H10.C4H8.C2H3N.CH3Br.CH3Cl.CH3F.CH3I.2H2/c1-7-5-3-2-4-6-7;1-6-4-2-3-5-6;1-5-3-2-4-5;1-4-2-3-4;1-2-3;4*1-2;;/h7H,2-6H2,1H3;6H,2-5H2,1H3;5H,2-4H2,1H3;4H,2-3H2,1H3;1H3;4*1H3;2*1H. The van der Waals surface area contributed by atoms with Crippen LogP contribution in [0.4, 0.5) is 4.39 Å². The third-order valence-corrected chi connectivity index (χ3v) is 5.80. The molecule has 4 saturated carbocycles. The van der Waals surface area contributed by atoms with E-state index in [9.17, 15) is 4.39 Å². The van der Waals surface area contributed by atoms with E-state index in [0.717, 1.165) is 23.7 Å². The van der Waals surface area contributed by atoms with Gasteiger partial charge in [0.25, 0.3) is 0 Å². The van der Waals surface area contributed by atoms with Gasteiger partial charge in [0.15, 0.2) is 0 Å². The predicted octanol–water partition coefficient (Wildman–Crippen LogP) is 12.5. The molecule has 0 bridgehead atoms. The van der Waals surface area contributed by atoms with Crippen molar-refractivity contribution in [1.82, 2.24) is 0 Å². The van der Waals surface area contributed by atoms with E-state index in [1.807, 2.05) is 10.8 Å². The summed E-state index contributed by atoms with van der Waals surface area (Å²) in [4.78, 5) is 1.97. The van der Waals surface area contributed by atoms with Crippen LogP contribution in [0.25, 0.3) is 0 Å². The molecule has 0 N–H and O–H groups in total. The van der Waals surface area contributed by atoms with Gasteiger partial charge in [0, 0.05) is 16.2 Å². The zero-order valence-corrected chi connectivity index (χ0v) is 28.2. The van der Waals surface area contributed by atoms with Crippen molar-refractivity contribution in [3.8, 4) is 6.07 Å². The Morgan fingerprint density at radius 1 is 0.636 bits per heavy atom. The fraction of sp³-hybridized carbons (Fsp3) is 0.964. The summed E-state index contributed by atoms with van der Waals surface area (Å²) in [5.74, 6) is 6.04. The van der Waals surface area contributed by atoms with Gasteiger partial charge >= 0.3 is 0 Å². The van der Waals surface area contributed by atoms with Crippen molar-refractivity contribution in [2.24, 2.45) is 23.7 Å².